The standard InChI is InChI=1S/C43H32S2.CH4S/c1-44-45-43-23-11-22-39(30-43)35-18-10-21-38(26-35)42-28-40(36-19-8-16-33(24-36)31-12-4-2-5-13-31)27-41(29-42)37-20-9-17-34(25-37)32-14-6-3-7-15-32;1-2/h2-30H,1H3;2H,1H3. The van der Waals surface area contributed by atoms with Gasteiger partial charge in [0.05, 0.1) is 0 Å². The Hall–Kier alpha value is -4.41. The van der Waals surface area contributed by atoms with Gasteiger partial charge in [-0.2, -0.15) is 12.6 Å². The maximum Gasteiger partial charge on any atom is 0.0188 e. The van der Waals surface area contributed by atoms with E-state index in [1.165, 1.54) is 71.7 Å². The molecule has 0 radical (unpaired) electrons. The molecule has 7 rings (SSSR count). The fourth-order valence-corrected chi connectivity index (χ4v) is 7.24. The highest BCUT2D eigenvalue weighted by atomic mass is 33.1. The van der Waals surface area contributed by atoms with E-state index in [2.05, 4.69) is 195 Å². The smallest absolute Gasteiger partial charge is 0.0188 e. The third-order valence-corrected chi connectivity index (χ3v) is 9.77. The Balaban J connectivity index is 0.00000190. The Bertz CT molecular complexity index is 1970. The topological polar surface area (TPSA) is 0 Å². The van der Waals surface area contributed by atoms with Crippen LogP contribution >= 0.6 is 34.2 Å². The Morgan fingerprint density at radius 2 is 0.574 bits per heavy atom. The maximum absolute atomic E-state index is 3.53. The van der Waals surface area contributed by atoms with Gasteiger partial charge in [-0.25, -0.2) is 0 Å². The molecule has 3 heteroatoms. The molecule has 0 unspecified atom stereocenters. The normalized spacial score (nSPS) is 10.6. The highest BCUT2D eigenvalue weighted by Crippen LogP contribution is 2.37. The van der Waals surface area contributed by atoms with Gasteiger partial charge in [-0.3, -0.25) is 0 Å². The number of benzene rings is 7. The van der Waals surface area contributed by atoms with Crippen molar-refractivity contribution in [1.29, 1.82) is 0 Å². The SMILES string of the molecule is CS.CSSc1cccc(-c2cccc(-c3cc(-c4cccc(-c5ccccc5)c4)cc(-c4cccc(-c5ccccc5)c4)c3)c2)c1. The van der Waals surface area contributed by atoms with E-state index in [0.29, 0.717) is 0 Å². The molecule has 230 valence electrons. The molecule has 0 saturated carbocycles. The van der Waals surface area contributed by atoms with Gasteiger partial charge in [0.2, 0.25) is 0 Å². The molecule has 0 bridgehead atoms. The summed E-state index contributed by atoms with van der Waals surface area (Å²) < 4.78 is 0. The lowest BCUT2D eigenvalue weighted by atomic mass is 9.90. The highest BCUT2D eigenvalue weighted by Gasteiger charge is 2.11. The summed E-state index contributed by atoms with van der Waals surface area (Å²) in [6, 6.07) is 63.8. The van der Waals surface area contributed by atoms with Crippen LogP contribution in [0.4, 0.5) is 0 Å². The average molecular weight is 661 g/mol. The quantitative estimate of drug-likeness (QED) is 0.127. The average Bonchev–Trinajstić information content (AvgIpc) is 3.16. The van der Waals surface area contributed by atoms with E-state index in [9.17, 15) is 0 Å². The van der Waals surface area contributed by atoms with Crippen LogP contribution in [-0.4, -0.2) is 12.5 Å². The third kappa shape index (κ3) is 7.94. The third-order valence-electron chi connectivity index (χ3n) is 8.08. The van der Waals surface area contributed by atoms with Crippen molar-refractivity contribution in [3.63, 3.8) is 0 Å². The molecular weight excluding hydrogens is 625 g/mol. The van der Waals surface area contributed by atoms with Crippen molar-refractivity contribution in [2.45, 2.75) is 4.90 Å². The summed E-state index contributed by atoms with van der Waals surface area (Å²) in [5, 5.41) is 0. The van der Waals surface area contributed by atoms with Crippen molar-refractivity contribution < 1.29 is 0 Å². The van der Waals surface area contributed by atoms with Gasteiger partial charge in [-0.15, -0.1) is 0 Å². The zero-order valence-electron chi connectivity index (χ0n) is 26.5. The molecule has 7 aromatic carbocycles. The second-order valence-electron chi connectivity index (χ2n) is 11.1. The molecule has 0 aliphatic rings. The number of hydrogen-bond acceptors (Lipinski definition) is 3. The molecule has 0 N–H and O–H groups in total. The van der Waals surface area contributed by atoms with Crippen molar-refractivity contribution in [1.82, 2.24) is 0 Å². The van der Waals surface area contributed by atoms with Crippen LogP contribution in [0.15, 0.2) is 181 Å². The fourth-order valence-electron chi connectivity index (χ4n) is 5.85. The highest BCUT2D eigenvalue weighted by molar-refractivity contribution is 8.76. The van der Waals surface area contributed by atoms with Gasteiger partial charge in [0, 0.05) is 4.90 Å². The van der Waals surface area contributed by atoms with E-state index in [-0.39, 0.29) is 0 Å². The van der Waals surface area contributed by atoms with Crippen LogP contribution < -0.4 is 0 Å². The minimum Gasteiger partial charge on any atom is -0.183 e. The summed E-state index contributed by atoms with van der Waals surface area (Å²) in [5.74, 6) is 0. The molecule has 0 spiro atoms. The first-order valence-corrected chi connectivity index (χ1v) is 19.0. The van der Waals surface area contributed by atoms with Crippen LogP contribution in [-0.2, 0) is 0 Å². The minimum absolute atomic E-state index is 1.20. The van der Waals surface area contributed by atoms with E-state index in [0.717, 1.165) is 0 Å². The molecule has 47 heavy (non-hydrogen) atoms. The summed E-state index contributed by atoms with van der Waals surface area (Å²) >= 11 is 3.53. The van der Waals surface area contributed by atoms with Crippen molar-refractivity contribution >= 4 is 34.2 Å². The van der Waals surface area contributed by atoms with Crippen LogP contribution in [0.2, 0.25) is 0 Å². The number of thiol groups is 1. The minimum atomic E-state index is 1.20. The molecule has 7 aromatic rings. The molecule has 0 aromatic heterocycles. The zero-order chi connectivity index (χ0) is 32.4. The lowest BCUT2D eigenvalue weighted by molar-refractivity contribution is 1.46. The predicted octanol–water partition coefficient (Wildman–Crippen LogP) is 13.6. The second-order valence-corrected chi connectivity index (χ2v) is 13.5. The molecule has 0 fully saturated rings. The van der Waals surface area contributed by atoms with Gasteiger partial charge in [-0.05, 0) is 128 Å². The van der Waals surface area contributed by atoms with E-state index < -0.39 is 0 Å². The lowest BCUT2D eigenvalue weighted by Gasteiger charge is -2.14. The van der Waals surface area contributed by atoms with Crippen LogP contribution in [0, 0.1) is 0 Å². The Morgan fingerprint density at radius 1 is 0.298 bits per heavy atom. The van der Waals surface area contributed by atoms with Crippen LogP contribution in [0.3, 0.4) is 0 Å². The van der Waals surface area contributed by atoms with Gasteiger partial charge in [0.25, 0.3) is 0 Å². The Kier molecular flexibility index (Phi) is 11.0. The summed E-state index contributed by atoms with van der Waals surface area (Å²) in [7, 11) is 3.57. The molecule has 0 aliphatic heterocycles. The summed E-state index contributed by atoms with van der Waals surface area (Å²) in [6.45, 7) is 0. The molecular formula is C44H36S3. The van der Waals surface area contributed by atoms with E-state index in [4.69, 9.17) is 0 Å². The first-order valence-electron chi connectivity index (χ1n) is 15.6. The molecule has 0 saturated heterocycles. The monoisotopic (exact) mass is 660 g/mol. The van der Waals surface area contributed by atoms with Crippen LogP contribution in [0.5, 0.6) is 0 Å². The van der Waals surface area contributed by atoms with Crippen molar-refractivity contribution in [3.05, 3.63) is 176 Å². The predicted molar refractivity (Wildman–Crippen MR) is 213 cm³/mol. The van der Waals surface area contributed by atoms with Gasteiger partial charge in [0.15, 0.2) is 0 Å². The Morgan fingerprint density at radius 3 is 0.957 bits per heavy atom. The van der Waals surface area contributed by atoms with E-state index in [1.54, 1.807) is 27.8 Å². The zero-order valence-corrected chi connectivity index (χ0v) is 29.0. The van der Waals surface area contributed by atoms with Gasteiger partial charge >= 0.3 is 0 Å². The first-order chi connectivity index (χ1) is 23.2. The summed E-state index contributed by atoms with van der Waals surface area (Å²) in [6.07, 6.45) is 3.81. The van der Waals surface area contributed by atoms with Gasteiger partial charge in [0.1, 0.15) is 0 Å². The summed E-state index contributed by atoms with van der Waals surface area (Å²) in [4.78, 5) is 1.27. The van der Waals surface area contributed by atoms with E-state index >= 15 is 0 Å². The fraction of sp³-hybridized carbons (Fsp3) is 0.0455. The van der Waals surface area contributed by atoms with Crippen LogP contribution in [0.1, 0.15) is 0 Å². The molecule has 0 atom stereocenters. The van der Waals surface area contributed by atoms with Crippen molar-refractivity contribution in [3.8, 4) is 66.8 Å². The molecule has 0 nitrogen and oxygen atoms in total. The maximum atomic E-state index is 3.53. The lowest BCUT2D eigenvalue weighted by Crippen LogP contribution is -1.88. The molecule has 0 heterocycles. The van der Waals surface area contributed by atoms with Gasteiger partial charge < -0.3 is 0 Å². The number of hydrogen-bond donors (Lipinski definition) is 1. The molecule has 0 aliphatic carbocycles. The van der Waals surface area contributed by atoms with Crippen molar-refractivity contribution in [2.75, 3.05) is 12.5 Å². The van der Waals surface area contributed by atoms with Gasteiger partial charge in [-0.1, -0.05) is 149 Å². The second kappa shape index (κ2) is 15.9. The van der Waals surface area contributed by atoms with Crippen molar-refractivity contribution in [2.24, 2.45) is 0 Å². The molecule has 0 amide bonds. The Labute approximate surface area is 292 Å². The van der Waals surface area contributed by atoms with Crippen LogP contribution in [0.25, 0.3) is 66.8 Å². The first kappa shape index (κ1) is 32.5. The number of rotatable bonds is 8. The largest absolute Gasteiger partial charge is 0.183 e. The summed E-state index contributed by atoms with van der Waals surface area (Å²) in [5.41, 5.74) is 14.6. The van der Waals surface area contributed by atoms with E-state index in [1.807, 2.05) is 0 Å².